The van der Waals surface area contributed by atoms with Crippen LogP contribution in [0.1, 0.15) is 53.3 Å². The average Bonchev–Trinajstić information content (AvgIpc) is 3.62. The highest BCUT2D eigenvalue weighted by molar-refractivity contribution is 6.30. The number of rotatable bonds is 8. The molecule has 40 heavy (non-hydrogen) atoms. The molecule has 4 aromatic rings. The first-order chi connectivity index (χ1) is 19.5. The number of hydrogen-bond acceptors (Lipinski definition) is 7. The Morgan fingerprint density at radius 2 is 1.93 bits per heavy atom. The number of ether oxygens (including phenoxy) is 2. The molecule has 1 N–H and O–H groups in total. The maximum Gasteiger partial charge on any atom is 0.328 e. The van der Waals surface area contributed by atoms with E-state index in [9.17, 15) is 4.79 Å². The van der Waals surface area contributed by atoms with E-state index >= 15 is 0 Å². The maximum atomic E-state index is 11.1. The van der Waals surface area contributed by atoms with Gasteiger partial charge in [-0.25, -0.2) is 9.78 Å². The second kappa shape index (κ2) is 11.6. The van der Waals surface area contributed by atoms with Crippen molar-refractivity contribution in [3.05, 3.63) is 100 Å². The fourth-order valence-electron chi connectivity index (χ4n) is 5.40. The molecule has 2 aromatic carbocycles. The van der Waals surface area contributed by atoms with Gasteiger partial charge >= 0.3 is 5.97 Å². The van der Waals surface area contributed by atoms with Crippen LogP contribution in [0, 0.1) is 0 Å². The van der Waals surface area contributed by atoms with Crippen LogP contribution in [-0.2, 0) is 17.9 Å². The van der Waals surface area contributed by atoms with E-state index < -0.39 is 5.97 Å². The minimum Gasteiger partial charge on any atom is -0.485 e. The fourth-order valence-corrected chi connectivity index (χ4v) is 5.52. The molecule has 6 rings (SSSR count). The Balaban J connectivity index is 1.12. The lowest BCUT2D eigenvalue weighted by Gasteiger charge is -2.34. The topological polar surface area (TPSA) is 103 Å². The smallest absolute Gasteiger partial charge is 0.328 e. The molecule has 2 aliphatic heterocycles. The molecule has 0 aliphatic carbocycles. The summed E-state index contributed by atoms with van der Waals surface area (Å²) in [6.07, 6.45) is 7.76. The molecule has 1 atom stereocenters. The summed E-state index contributed by atoms with van der Waals surface area (Å²) in [7, 11) is 0. The van der Waals surface area contributed by atoms with Crippen molar-refractivity contribution in [1.29, 1.82) is 0 Å². The zero-order chi connectivity index (χ0) is 27.5. The molecule has 206 valence electrons. The van der Waals surface area contributed by atoms with E-state index in [0.717, 1.165) is 54.9 Å². The minimum atomic E-state index is -1.01. The number of piperidine rings is 1. The van der Waals surface area contributed by atoms with E-state index in [0.29, 0.717) is 42.1 Å². The summed E-state index contributed by atoms with van der Waals surface area (Å²) in [6, 6.07) is 15.6. The Morgan fingerprint density at radius 3 is 2.67 bits per heavy atom. The molecule has 2 aliphatic rings. The van der Waals surface area contributed by atoms with Gasteiger partial charge in [0.2, 0.25) is 0 Å². The molecule has 1 saturated heterocycles. The molecule has 0 radical (unpaired) electrons. The average molecular weight is 561 g/mol. The molecule has 2 aromatic heterocycles. The molecule has 0 saturated carbocycles. The predicted octanol–water partition coefficient (Wildman–Crippen LogP) is 5.56. The Hall–Kier alpha value is -4.08. The van der Waals surface area contributed by atoms with Gasteiger partial charge in [0.25, 0.3) is 0 Å². The quantitative estimate of drug-likeness (QED) is 0.279. The highest BCUT2D eigenvalue weighted by Crippen LogP contribution is 2.44. The lowest BCUT2D eigenvalue weighted by Crippen LogP contribution is -2.34. The first kappa shape index (κ1) is 26.2. The Labute approximate surface area is 236 Å². The van der Waals surface area contributed by atoms with Crippen LogP contribution in [0.25, 0.3) is 6.08 Å². The number of aliphatic carboxylic acids is 1. The molecule has 0 bridgehead atoms. The summed E-state index contributed by atoms with van der Waals surface area (Å²) < 4.78 is 19.9. The molecular formula is C30H29ClN4O5. The molecular weight excluding hydrogens is 532 g/mol. The van der Waals surface area contributed by atoms with Crippen molar-refractivity contribution in [2.75, 3.05) is 19.7 Å². The van der Waals surface area contributed by atoms with Gasteiger partial charge in [-0.05, 0) is 61.7 Å². The van der Waals surface area contributed by atoms with Crippen LogP contribution in [0.2, 0.25) is 5.02 Å². The van der Waals surface area contributed by atoms with Gasteiger partial charge in [0.1, 0.15) is 12.4 Å². The van der Waals surface area contributed by atoms with Crippen molar-refractivity contribution in [3.63, 3.8) is 0 Å². The number of benzene rings is 2. The van der Waals surface area contributed by atoms with Crippen molar-refractivity contribution in [2.24, 2.45) is 0 Å². The third kappa shape index (κ3) is 5.76. The first-order valence-electron chi connectivity index (χ1n) is 13.3. The van der Waals surface area contributed by atoms with Crippen LogP contribution in [0.4, 0.5) is 0 Å². The van der Waals surface area contributed by atoms with E-state index in [-0.39, 0.29) is 6.10 Å². The molecule has 1 unspecified atom stereocenters. The Bertz CT molecular complexity index is 1490. The number of carboxylic acids is 1. The van der Waals surface area contributed by atoms with Crippen molar-refractivity contribution in [3.8, 4) is 11.5 Å². The number of carbonyl (C=O) groups is 1. The lowest BCUT2D eigenvalue weighted by molar-refractivity contribution is -0.131. The monoisotopic (exact) mass is 560 g/mol. The van der Waals surface area contributed by atoms with E-state index in [2.05, 4.69) is 21.1 Å². The van der Waals surface area contributed by atoms with Crippen LogP contribution in [0.5, 0.6) is 11.5 Å². The third-order valence-corrected chi connectivity index (χ3v) is 7.71. The van der Waals surface area contributed by atoms with Crippen molar-refractivity contribution >= 4 is 23.6 Å². The summed E-state index contributed by atoms with van der Waals surface area (Å²) in [6.45, 7) is 3.33. The van der Waals surface area contributed by atoms with Crippen LogP contribution in [0.15, 0.2) is 71.5 Å². The predicted molar refractivity (Wildman–Crippen MR) is 149 cm³/mol. The summed E-state index contributed by atoms with van der Waals surface area (Å²) in [5.41, 5.74) is 2.94. The molecule has 9 nitrogen and oxygen atoms in total. The van der Waals surface area contributed by atoms with Crippen molar-refractivity contribution < 1.29 is 23.9 Å². The number of hydrogen-bond donors (Lipinski definition) is 1. The third-order valence-electron chi connectivity index (χ3n) is 7.46. The van der Waals surface area contributed by atoms with Gasteiger partial charge in [0.15, 0.2) is 23.4 Å². The van der Waals surface area contributed by atoms with E-state index in [4.69, 9.17) is 30.7 Å². The van der Waals surface area contributed by atoms with Gasteiger partial charge in [0.05, 0.1) is 31.2 Å². The number of fused-ring (bicyclic) bond motifs is 1. The summed E-state index contributed by atoms with van der Waals surface area (Å²) in [5.74, 6) is 2.52. The van der Waals surface area contributed by atoms with Crippen molar-refractivity contribution in [1.82, 2.24) is 19.6 Å². The van der Waals surface area contributed by atoms with Gasteiger partial charge in [-0.15, -0.1) is 0 Å². The highest BCUT2D eigenvalue weighted by Gasteiger charge is 2.30. The number of halogens is 1. The summed E-state index contributed by atoms with van der Waals surface area (Å²) >= 11 is 6.05. The van der Waals surface area contributed by atoms with Crippen LogP contribution < -0.4 is 9.47 Å². The number of carboxylic acid groups (broad SMARTS) is 1. The number of likely N-dealkylation sites (tertiary alicyclic amines) is 1. The largest absolute Gasteiger partial charge is 0.485 e. The SMILES string of the molecule is O=C(O)C=Cc1cnc(CN2CCC(c3cccc4c3OCC(c3ccc(Cl)cc3)O4)CC2)n1Cc1ccno1. The molecule has 0 amide bonds. The zero-order valence-electron chi connectivity index (χ0n) is 21.8. The standard InChI is InChI=1S/C30H29ClN4O5/c31-22-6-4-21(5-7-22)27-19-38-30-25(2-1-3-26(30)39-27)20-11-14-34(15-12-20)18-28-32-16-23(8-9-29(36)37)35(28)17-24-10-13-33-40-24/h1-10,13,16,20,27H,11-12,14-15,17-19H2,(H,36,37). The minimum absolute atomic E-state index is 0.169. The zero-order valence-corrected chi connectivity index (χ0v) is 22.5. The van der Waals surface area contributed by atoms with Gasteiger partial charge < -0.3 is 23.7 Å². The summed E-state index contributed by atoms with van der Waals surface area (Å²) in [5, 5.41) is 13.6. The number of aromatic nitrogens is 3. The van der Waals surface area contributed by atoms with Gasteiger partial charge in [-0.1, -0.05) is 41.0 Å². The Kier molecular flexibility index (Phi) is 7.57. The molecule has 4 heterocycles. The van der Waals surface area contributed by atoms with E-state index in [1.54, 1.807) is 24.5 Å². The van der Waals surface area contributed by atoms with Crippen LogP contribution in [0.3, 0.4) is 0 Å². The van der Waals surface area contributed by atoms with Gasteiger partial charge in [0, 0.05) is 22.7 Å². The second-order valence-corrected chi connectivity index (χ2v) is 10.5. The van der Waals surface area contributed by atoms with Crippen LogP contribution in [-0.4, -0.2) is 50.4 Å². The Morgan fingerprint density at radius 1 is 1.10 bits per heavy atom. The number of imidazole rings is 1. The molecule has 0 spiro atoms. The van der Waals surface area contributed by atoms with Gasteiger partial charge in [-0.2, -0.15) is 0 Å². The van der Waals surface area contributed by atoms with Crippen molar-refractivity contribution in [2.45, 2.75) is 38.0 Å². The van der Waals surface area contributed by atoms with Gasteiger partial charge in [-0.3, -0.25) is 4.90 Å². The number of nitrogens with zero attached hydrogens (tertiary/aromatic N) is 4. The van der Waals surface area contributed by atoms with Crippen LogP contribution >= 0.6 is 11.6 Å². The van der Waals surface area contributed by atoms with E-state index in [1.165, 1.54) is 5.56 Å². The second-order valence-electron chi connectivity index (χ2n) is 10.0. The first-order valence-corrected chi connectivity index (χ1v) is 13.7. The maximum absolute atomic E-state index is 11.1. The normalized spacial score (nSPS) is 17.9. The molecule has 10 heteroatoms. The molecule has 1 fully saturated rings. The fraction of sp³-hybridized carbons (Fsp3) is 0.300. The van der Waals surface area contributed by atoms with E-state index in [1.807, 2.05) is 41.0 Å². The lowest BCUT2D eigenvalue weighted by atomic mass is 9.88. The number of para-hydroxylation sites is 1. The summed E-state index contributed by atoms with van der Waals surface area (Å²) in [4.78, 5) is 18.1. The highest BCUT2D eigenvalue weighted by atomic mass is 35.5.